The minimum Gasteiger partial charge on any atom is -0.481 e. The highest BCUT2D eigenvalue weighted by molar-refractivity contribution is 5.70. The van der Waals surface area contributed by atoms with Crippen LogP contribution in [-0.2, 0) is 11.3 Å². The van der Waals surface area contributed by atoms with Crippen molar-refractivity contribution < 1.29 is 9.90 Å². The van der Waals surface area contributed by atoms with Crippen molar-refractivity contribution in [2.24, 2.45) is 11.8 Å². The summed E-state index contributed by atoms with van der Waals surface area (Å²) in [6.07, 6.45) is 4.85. The number of carbonyl (C=O) groups is 1. The van der Waals surface area contributed by atoms with Crippen LogP contribution in [0.15, 0.2) is 24.3 Å². The molecule has 1 saturated heterocycles. The average Bonchev–Trinajstić information content (AvgIpc) is 2.38. The molecule has 114 valence electrons. The number of carboxylic acids is 1. The van der Waals surface area contributed by atoms with Crippen molar-refractivity contribution >= 4 is 5.97 Å². The summed E-state index contributed by atoms with van der Waals surface area (Å²) in [5.41, 5.74) is 2.77. The summed E-state index contributed by atoms with van der Waals surface area (Å²) in [6.45, 7) is 4.72. The van der Waals surface area contributed by atoms with Gasteiger partial charge in [-0.15, -0.1) is 0 Å². The molecule has 2 atom stereocenters. The maximum Gasteiger partial charge on any atom is 0.307 e. The van der Waals surface area contributed by atoms with Gasteiger partial charge in [0.15, 0.2) is 0 Å². The van der Waals surface area contributed by atoms with E-state index in [1.807, 2.05) is 0 Å². The molecule has 3 nitrogen and oxygen atoms in total. The van der Waals surface area contributed by atoms with Crippen LogP contribution in [0.3, 0.4) is 0 Å². The molecule has 2 aliphatic rings. The maximum absolute atomic E-state index is 11.2. The van der Waals surface area contributed by atoms with Gasteiger partial charge >= 0.3 is 5.97 Å². The normalized spacial score (nSPS) is 27.3. The third-order valence-electron chi connectivity index (χ3n) is 5.05. The number of aliphatic carboxylic acids is 1. The van der Waals surface area contributed by atoms with Crippen LogP contribution in [0.4, 0.5) is 0 Å². The van der Waals surface area contributed by atoms with Crippen LogP contribution < -0.4 is 0 Å². The van der Waals surface area contributed by atoms with E-state index in [1.54, 1.807) is 0 Å². The Morgan fingerprint density at radius 1 is 1.24 bits per heavy atom. The van der Waals surface area contributed by atoms with E-state index in [0.29, 0.717) is 12.5 Å². The molecule has 0 aromatic heterocycles. The van der Waals surface area contributed by atoms with Gasteiger partial charge in [-0.25, -0.2) is 0 Å². The Hall–Kier alpha value is -1.35. The fourth-order valence-electron chi connectivity index (χ4n) is 3.66. The number of hydrogen-bond donors (Lipinski definition) is 1. The molecular formula is C18H25NO2. The second kappa shape index (κ2) is 6.18. The zero-order valence-electron chi connectivity index (χ0n) is 12.8. The van der Waals surface area contributed by atoms with Gasteiger partial charge in [-0.2, -0.15) is 0 Å². The van der Waals surface area contributed by atoms with Gasteiger partial charge in [0.2, 0.25) is 0 Å². The Morgan fingerprint density at radius 2 is 1.95 bits per heavy atom. The van der Waals surface area contributed by atoms with Gasteiger partial charge in [-0.1, -0.05) is 37.6 Å². The number of hydrogen-bond acceptors (Lipinski definition) is 2. The fourth-order valence-corrected chi connectivity index (χ4v) is 3.66. The van der Waals surface area contributed by atoms with Gasteiger partial charge in [0.05, 0.1) is 5.92 Å². The summed E-state index contributed by atoms with van der Waals surface area (Å²) < 4.78 is 0. The smallest absolute Gasteiger partial charge is 0.307 e. The third-order valence-corrected chi connectivity index (χ3v) is 5.05. The van der Waals surface area contributed by atoms with E-state index in [-0.39, 0.29) is 5.92 Å². The van der Waals surface area contributed by atoms with Crippen molar-refractivity contribution in [3.8, 4) is 0 Å². The molecule has 3 rings (SSSR count). The molecule has 21 heavy (non-hydrogen) atoms. The van der Waals surface area contributed by atoms with Crippen molar-refractivity contribution in [3.63, 3.8) is 0 Å². The summed E-state index contributed by atoms with van der Waals surface area (Å²) in [4.78, 5) is 13.5. The van der Waals surface area contributed by atoms with Gasteiger partial charge in [0.1, 0.15) is 0 Å². The fraction of sp³-hybridized carbons (Fsp3) is 0.611. The summed E-state index contributed by atoms with van der Waals surface area (Å²) in [7, 11) is 0. The van der Waals surface area contributed by atoms with E-state index in [9.17, 15) is 9.90 Å². The van der Waals surface area contributed by atoms with Crippen LogP contribution in [0, 0.1) is 11.8 Å². The van der Waals surface area contributed by atoms with Gasteiger partial charge in [-0.3, -0.25) is 9.69 Å². The Balaban J connectivity index is 1.61. The van der Waals surface area contributed by atoms with Crippen LogP contribution in [-0.4, -0.2) is 29.1 Å². The second-order valence-electron chi connectivity index (χ2n) is 6.94. The van der Waals surface area contributed by atoms with Crippen molar-refractivity contribution in [3.05, 3.63) is 35.4 Å². The lowest BCUT2D eigenvalue weighted by Gasteiger charge is -2.34. The first-order valence-electron chi connectivity index (χ1n) is 8.16. The van der Waals surface area contributed by atoms with Gasteiger partial charge < -0.3 is 5.11 Å². The standard InChI is InChI=1S/C18H25NO2/c1-13-9-17(18(20)21)12-19(10-13)11-14-5-7-16(8-6-14)15-3-2-4-15/h5-8,13,15,17H,2-4,9-12H2,1H3,(H,20,21). The molecule has 3 heteroatoms. The van der Waals surface area contributed by atoms with E-state index in [1.165, 1.54) is 30.4 Å². The molecule has 1 aromatic carbocycles. The zero-order valence-corrected chi connectivity index (χ0v) is 12.8. The van der Waals surface area contributed by atoms with Gasteiger partial charge in [0.25, 0.3) is 0 Å². The predicted molar refractivity (Wildman–Crippen MR) is 83.2 cm³/mol. The van der Waals surface area contributed by atoms with E-state index in [0.717, 1.165) is 25.4 Å². The minimum absolute atomic E-state index is 0.206. The topological polar surface area (TPSA) is 40.5 Å². The quantitative estimate of drug-likeness (QED) is 0.921. The molecule has 1 aromatic rings. The Labute approximate surface area is 127 Å². The predicted octanol–water partition coefficient (Wildman–Crippen LogP) is 3.50. The van der Waals surface area contributed by atoms with Crippen LogP contribution in [0.2, 0.25) is 0 Å². The Bertz CT molecular complexity index is 492. The molecule has 0 amide bonds. The van der Waals surface area contributed by atoms with Crippen molar-refractivity contribution in [2.45, 2.75) is 45.1 Å². The highest BCUT2D eigenvalue weighted by Gasteiger charge is 2.29. The van der Waals surface area contributed by atoms with Crippen LogP contribution in [0.5, 0.6) is 0 Å². The zero-order chi connectivity index (χ0) is 14.8. The Morgan fingerprint density at radius 3 is 2.52 bits per heavy atom. The molecule has 1 aliphatic carbocycles. The van der Waals surface area contributed by atoms with E-state index in [4.69, 9.17) is 0 Å². The number of rotatable bonds is 4. The van der Waals surface area contributed by atoms with Crippen molar-refractivity contribution in [1.82, 2.24) is 4.90 Å². The first kappa shape index (κ1) is 14.6. The molecule has 0 spiro atoms. The number of nitrogens with zero attached hydrogens (tertiary/aromatic N) is 1. The third kappa shape index (κ3) is 3.46. The van der Waals surface area contributed by atoms with E-state index < -0.39 is 5.97 Å². The lowest BCUT2D eigenvalue weighted by Crippen LogP contribution is -2.41. The van der Waals surface area contributed by atoms with Crippen molar-refractivity contribution in [1.29, 1.82) is 0 Å². The van der Waals surface area contributed by atoms with E-state index >= 15 is 0 Å². The lowest BCUT2D eigenvalue weighted by atomic mass is 9.80. The van der Waals surface area contributed by atoms with Crippen molar-refractivity contribution in [2.75, 3.05) is 13.1 Å². The minimum atomic E-state index is -0.646. The highest BCUT2D eigenvalue weighted by atomic mass is 16.4. The first-order valence-corrected chi connectivity index (χ1v) is 8.16. The molecule has 2 unspecified atom stereocenters. The summed E-state index contributed by atoms with van der Waals surface area (Å²) in [5.74, 6) is 0.398. The van der Waals surface area contributed by atoms with E-state index in [2.05, 4.69) is 36.1 Å². The molecule has 1 aliphatic heterocycles. The summed E-state index contributed by atoms with van der Waals surface area (Å²) in [5, 5.41) is 9.24. The SMILES string of the molecule is CC1CC(C(=O)O)CN(Cc2ccc(C3CCC3)cc2)C1. The molecule has 1 N–H and O–H groups in total. The lowest BCUT2D eigenvalue weighted by molar-refractivity contribution is -0.144. The van der Waals surface area contributed by atoms with Gasteiger partial charge in [-0.05, 0) is 42.2 Å². The monoisotopic (exact) mass is 287 g/mol. The number of benzene rings is 1. The molecule has 0 bridgehead atoms. The molecule has 0 radical (unpaired) electrons. The number of piperidine rings is 1. The largest absolute Gasteiger partial charge is 0.481 e. The van der Waals surface area contributed by atoms with Crippen LogP contribution >= 0.6 is 0 Å². The number of carboxylic acid groups (broad SMARTS) is 1. The van der Waals surface area contributed by atoms with Crippen LogP contribution in [0.25, 0.3) is 0 Å². The summed E-state index contributed by atoms with van der Waals surface area (Å²) >= 11 is 0. The molecule has 1 heterocycles. The van der Waals surface area contributed by atoms with Crippen LogP contribution in [0.1, 0.15) is 49.7 Å². The average molecular weight is 287 g/mol. The first-order chi connectivity index (χ1) is 10.1. The second-order valence-corrected chi connectivity index (χ2v) is 6.94. The number of likely N-dealkylation sites (tertiary alicyclic amines) is 1. The molecule has 1 saturated carbocycles. The Kier molecular flexibility index (Phi) is 4.29. The molecule has 2 fully saturated rings. The van der Waals surface area contributed by atoms with Gasteiger partial charge in [0, 0.05) is 19.6 Å². The highest BCUT2D eigenvalue weighted by Crippen LogP contribution is 2.36. The summed E-state index contributed by atoms with van der Waals surface area (Å²) in [6, 6.07) is 8.98. The molecular weight excluding hydrogens is 262 g/mol. The maximum atomic E-state index is 11.2.